The zero-order valence-corrected chi connectivity index (χ0v) is 14.7. The Morgan fingerprint density at radius 1 is 1.20 bits per heavy atom. The molecular formula is C20H24FN3O. The van der Waals surface area contributed by atoms with E-state index in [1.165, 1.54) is 17.7 Å². The molecule has 1 atom stereocenters. The van der Waals surface area contributed by atoms with Gasteiger partial charge in [0, 0.05) is 25.5 Å². The van der Waals surface area contributed by atoms with Crippen LogP contribution in [0.25, 0.3) is 0 Å². The number of nitrogens with zero attached hydrogens (tertiary/aromatic N) is 3. The van der Waals surface area contributed by atoms with Gasteiger partial charge in [-0.25, -0.2) is 4.39 Å². The molecule has 4 nitrogen and oxygen atoms in total. The number of halogens is 1. The minimum absolute atomic E-state index is 0.0452. The second-order valence-electron chi connectivity index (χ2n) is 6.80. The number of likely N-dealkylation sites (tertiary alicyclic amines) is 1. The maximum absolute atomic E-state index is 13.6. The quantitative estimate of drug-likeness (QED) is 0.857. The number of pyridine rings is 1. The number of carbonyl (C=O) groups is 1. The summed E-state index contributed by atoms with van der Waals surface area (Å²) in [5.41, 5.74) is 1.99. The van der Waals surface area contributed by atoms with Crippen LogP contribution < -0.4 is 0 Å². The minimum Gasteiger partial charge on any atom is -0.341 e. The van der Waals surface area contributed by atoms with Crippen molar-refractivity contribution in [3.8, 4) is 0 Å². The molecule has 0 unspecified atom stereocenters. The predicted octanol–water partition coefficient (Wildman–Crippen LogP) is 3.23. The fourth-order valence-corrected chi connectivity index (χ4v) is 3.58. The van der Waals surface area contributed by atoms with Gasteiger partial charge in [-0.3, -0.25) is 14.7 Å². The van der Waals surface area contributed by atoms with Crippen molar-refractivity contribution in [1.82, 2.24) is 14.8 Å². The highest BCUT2D eigenvalue weighted by Crippen LogP contribution is 2.30. The minimum atomic E-state index is -0.451. The molecule has 5 heteroatoms. The monoisotopic (exact) mass is 341 g/mol. The molecule has 1 aliphatic heterocycles. The van der Waals surface area contributed by atoms with E-state index in [2.05, 4.69) is 17.1 Å². The number of hydrogen-bond donors (Lipinski definition) is 0. The number of benzene rings is 1. The van der Waals surface area contributed by atoms with Crippen molar-refractivity contribution in [2.75, 3.05) is 27.2 Å². The van der Waals surface area contributed by atoms with Crippen LogP contribution in [-0.4, -0.2) is 47.9 Å². The van der Waals surface area contributed by atoms with Crippen molar-refractivity contribution in [2.24, 2.45) is 0 Å². The molecule has 1 aliphatic rings. The van der Waals surface area contributed by atoms with Gasteiger partial charge >= 0.3 is 0 Å². The molecule has 132 valence electrons. The Bertz CT molecular complexity index is 712. The van der Waals surface area contributed by atoms with Crippen LogP contribution in [0.3, 0.4) is 0 Å². The van der Waals surface area contributed by atoms with E-state index in [0.717, 1.165) is 25.9 Å². The summed E-state index contributed by atoms with van der Waals surface area (Å²) in [5, 5.41) is 0. The highest BCUT2D eigenvalue weighted by molar-refractivity contribution is 5.83. The maximum Gasteiger partial charge on any atom is 0.244 e. The summed E-state index contributed by atoms with van der Waals surface area (Å²) in [6.45, 7) is 1.46. The van der Waals surface area contributed by atoms with Crippen molar-refractivity contribution in [1.29, 1.82) is 0 Å². The zero-order valence-electron chi connectivity index (χ0n) is 14.7. The first-order chi connectivity index (χ1) is 12.1. The Hall–Kier alpha value is -2.27. The molecule has 1 saturated heterocycles. The molecule has 25 heavy (non-hydrogen) atoms. The van der Waals surface area contributed by atoms with Crippen molar-refractivity contribution >= 4 is 5.91 Å². The van der Waals surface area contributed by atoms with Gasteiger partial charge in [0.15, 0.2) is 0 Å². The van der Waals surface area contributed by atoms with Gasteiger partial charge in [0.25, 0.3) is 0 Å². The number of piperidine rings is 1. The van der Waals surface area contributed by atoms with Gasteiger partial charge in [0.1, 0.15) is 11.9 Å². The van der Waals surface area contributed by atoms with Crippen LogP contribution in [0.15, 0.2) is 48.8 Å². The number of hydrogen-bond acceptors (Lipinski definition) is 3. The van der Waals surface area contributed by atoms with E-state index in [4.69, 9.17) is 0 Å². The van der Waals surface area contributed by atoms with E-state index in [-0.39, 0.29) is 11.7 Å². The van der Waals surface area contributed by atoms with E-state index < -0.39 is 6.04 Å². The third kappa shape index (κ3) is 4.04. The highest BCUT2D eigenvalue weighted by atomic mass is 19.1. The molecule has 3 rings (SSSR count). The van der Waals surface area contributed by atoms with Crippen LogP contribution in [0.2, 0.25) is 0 Å². The van der Waals surface area contributed by atoms with Crippen molar-refractivity contribution in [2.45, 2.75) is 24.8 Å². The van der Waals surface area contributed by atoms with Gasteiger partial charge in [-0.15, -0.1) is 0 Å². The molecule has 2 aromatic rings. The SMILES string of the molecule is CN(C)[C@@H](C(=O)N1CCC(c2ccncc2)CC1)c1cccc(F)c1. The zero-order chi connectivity index (χ0) is 17.8. The Morgan fingerprint density at radius 3 is 2.48 bits per heavy atom. The smallest absolute Gasteiger partial charge is 0.244 e. The van der Waals surface area contributed by atoms with E-state index in [0.29, 0.717) is 11.5 Å². The standard InChI is InChI=1S/C20H24FN3O/c1-23(2)19(17-4-3-5-18(21)14-17)20(25)24-12-8-16(9-13-24)15-6-10-22-11-7-15/h3-7,10-11,14,16,19H,8-9,12-13H2,1-2H3/t19-/m1/s1. The molecule has 0 bridgehead atoms. The highest BCUT2D eigenvalue weighted by Gasteiger charge is 2.31. The third-order valence-electron chi connectivity index (χ3n) is 4.90. The first-order valence-electron chi connectivity index (χ1n) is 8.67. The van der Waals surface area contributed by atoms with Gasteiger partial charge in [-0.2, -0.15) is 0 Å². The van der Waals surface area contributed by atoms with Crippen molar-refractivity contribution in [3.63, 3.8) is 0 Å². The second-order valence-corrected chi connectivity index (χ2v) is 6.80. The Balaban J connectivity index is 1.70. The van der Waals surface area contributed by atoms with Crippen LogP contribution in [0, 0.1) is 5.82 Å². The number of likely N-dealkylation sites (N-methyl/N-ethyl adjacent to an activating group) is 1. The predicted molar refractivity (Wildman–Crippen MR) is 95.6 cm³/mol. The Kier molecular flexibility index (Phi) is 5.43. The molecule has 1 aromatic carbocycles. The lowest BCUT2D eigenvalue weighted by atomic mass is 9.89. The fourth-order valence-electron chi connectivity index (χ4n) is 3.58. The lowest BCUT2D eigenvalue weighted by Crippen LogP contribution is -2.44. The van der Waals surface area contributed by atoms with Crippen molar-refractivity contribution in [3.05, 3.63) is 65.7 Å². The lowest BCUT2D eigenvalue weighted by molar-refractivity contribution is -0.137. The largest absolute Gasteiger partial charge is 0.341 e. The summed E-state index contributed by atoms with van der Waals surface area (Å²) >= 11 is 0. The van der Waals surface area contributed by atoms with Crippen LogP contribution >= 0.6 is 0 Å². The molecule has 0 N–H and O–H groups in total. The van der Waals surface area contributed by atoms with E-state index in [9.17, 15) is 9.18 Å². The van der Waals surface area contributed by atoms with Gasteiger partial charge in [-0.05, 0) is 68.2 Å². The molecule has 0 aliphatic carbocycles. The van der Waals surface area contributed by atoms with Gasteiger partial charge < -0.3 is 4.90 Å². The average Bonchev–Trinajstić information content (AvgIpc) is 2.62. The average molecular weight is 341 g/mol. The van der Waals surface area contributed by atoms with Gasteiger partial charge in [0.05, 0.1) is 0 Å². The summed E-state index contributed by atoms with van der Waals surface area (Å²) in [4.78, 5) is 20.9. The number of aromatic nitrogens is 1. The number of rotatable bonds is 4. The molecule has 1 fully saturated rings. The molecular weight excluding hydrogens is 317 g/mol. The number of carbonyl (C=O) groups excluding carboxylic acids is 1. The number of amides is 1. The molecule has 0 spiro atoms. The summed E-state index contributed by atoms with van der Waals surface area (Å²) in [5.74, 6) is 0.205. The Morgan fingerprint density at radius 2 is 1.88 bits per heavy atom. The fraction of sp³-hybridized carbons (Fsp3) is 0.400. The van der Waals surface area contributed by atoms with Crippen LogP contribution in [0.5, 0.6) is 0 Å². The second kappa shape index (κ2) is 7.74. The van der Waals surface area contributed by atoms with Crippen LogP contribution in [-0.2, 0) is 4.79 Å². The first-order valence-corrected chi connectivity index (χ1v) is 8.67. The van der Waals surface area contributed by atoms with E-state index in [1.807, 2.05) is 42.4 Å². The molecule has 1 aromatic heterocycles. The normalized spacial score (nSPS) is 16.9. The van der Waals surface area contributed by atoms with E-state index in [1.54, 1.807) is 6.07 Å². The van der Waals surface area contributed by atoms with Gasteiger partial charge in [0.2, 0.25) is 5.91 Å². The molecule has 2 heterocycles. The summed E-state index contributed by atoms with van der Waals surface area (Å²) in [7, 11) is 3.72. The van der Waals surface area contributed by atoms with Crippen LogP contribution in [0.1, 0.15) is 35.9 Å². The van der Waals surface area contributed by atoms with Gasteiger partial charge in [-0.1, -0.05) is 12.1 Å². The molecule has 0 radical (unpaired) electrons. The van der Waals surface area contributed by atoms with E-state index >= 15 is 0 Å². The lowest BCUT2D eigenvalue weighted by Gasteiger charge is -2.36. The van der Waals surface area contributed by atoms with Crippen molar-refractivity contribution < 1.29 is 9.18 Å². The summed E-state index contributed by atoms with van der Waals surface area (Å²) < 4.78 is 13.6. The summed E-state index contributed by atoms with van der Waals surface area (Å²) in [6.07, 6.45) is 5.52. The molecule has 0 saturated carbocycles. The first kappa shape index (κ1) is 17.5. The Labute approximate surface area is 148 Å². The topological polar surface area (TPSA) is 36.4 Å². The third-order valence-corrected chi connectivity index (χ3v) is 4.90. The maximum atomic E-state index is 13.6. The van der Waals surface area contributed by atoms with Crippen LogP contribution in [0.4, 0.5) is 4.39 Å². The summed E-state index contributed by atoms with van der Waals surface area (Å²) in [6, 6.07) is 9.98. The molecule has 1 amide bonds.